The minimum atomic E-state index is -3.97. The number of rotatable bonds is 10. The van der Waals surface area contributed by atoms with E-state index in [0.29, 0.717) is 29.2 Å². The summed E-state index contributed by atoms with van der Waals surface area (Å²) in [5, 5.41) is 3.28. The van der Waals surface area contributed by atoms with Crippen LogP contribution in [0.2, 0.25) is 5.02 Å². The first kappa shape index (κ1) is 29.2. The summed E-state index contributed by atoms with van der Waals surface area (Å²) in [5.74, 6) is -0.482. The predicted octanol–water partition coefficient (Wildman–Crippen LogP) is 4.33. The van der Waals surface area contributed by atoms with Crippen molar-refractivity contribution < 1.29 is 21.6 Å². The van der Waals surface area contributed by atoms with Crippen molar-refractivity contribution in [1.29, 1.82) is 0 Å². The molecule has 1 aliphatic heterocycles. The van der Waals surface area contributed by atoms with Crippen LogP contribution in [-0.4, -0.2) is 51.0 Å². The van der Waals surface area contributed by atoms with E-state index < -0.39 is 26.0 Å². The lowest BCUT2D eigenvalue weighted by Crippen LogP contribution is -2.40. The smallest absolute Gasteiger partial charge is 0.243 e. The number of piperidine rings is 1. The van der Waals surface area contributed by atoms with Gasteiger partial charge in [-0.05, 0) is 67.3 Å². The lowest BCUT2D eigenvalue weighted by molar-refractivity contribution is -0.121. The summed E-state index contributed by atoms with van der Waals surface area (Å²) in [5.41, 5.74) is 2.31. The molecule has 11 heteroatoms. The van der Waals surface area contributed by atoms with Crippen LogP contribution in [0.3, 0.4) is 0 Å². The summed E-state index contributed by atoms with van der Waals surface area (Å²) in [7, 11) is -7.51. The van der Waals surface area contributed by atoms with Gasteiger partial charge in [-0.25, -0.2) is 16.8 Å². The van der Waals surface area contributed by atoms with Gasteiger partial charge in [0.1, 0.15) is 0 Å². The Morgan fingerprint density at radius 2 is 1.38 bits per heavy atom. The van der Waals surface area contributed by atoms with Crippen LogP contribution in [-0.2, 0) is 37.9 Å². The first-order chi connectivity index (χ1) is 18.6. The summed E-state index contributed by atoms with van der Waals surface area (Å²) in [6, 6.07) is 19.6. The average molecular weight is 590 g/mol. The number of halogens is 1. The van der Waals surface area contributed by atoms with Crippen molar-refractivity contribution in [2.75, 3.05) is 19.6 Å². The number of hydrogen-bond acceptors (Lipinski definition) is 5. The second-order valence-electron chi connectivity index (χ2n) is 9.60. The van der Waals surface area contributed by atoms with Gasteiger partial charge in [0.15, 0.2) is 0 Å². The predicted molar refractivity (Wildman–Crippen MR) is 151 cm³/mol. The van der Waals surface area contributed by atoms with Gasteiger partial charge in [-0.15, -0.1) is 0 Å². The van der Waals surface area contributed by atoms with Gasteiger partial charge in [-0.1, -0.05) is 60.0 Å². The van der Waals surface area contributed by atoms with Crippen molar-refractivity contribution in [3.63, 3.8) is 0 Å². The standard InChI is InChI=1S/C28H32ClN3O5S2/c1-22-5-13-26(14-6-22)39(36,37)32(20-24-7-11-25(29)12-8-24)21-28(33)30-19-23-9-15-27(16-10-23)38(34,35)31-17-3-2-4-18-31/h5-16H,2-4,17-21H2,1H3,(H,30,33). The third kappa shape index (κ3) is 7.46. The number of nitrogens with one attached hydrogen (secondary N) is 1. The minimum Gasteiger partial charge on any atom is -0.351 e. The molecule has 39 heavy (non-hydrogen) atoms. The minimum absolute atomic E-state index is 0.0101. The number of carbonyl (C=O) groups is 1. The van der Waals surface area contributed by atoms with E-state index >= 15 is 0 Å². The Hall–Kier alpha value is -2.76. The van der Waals surface area contributed by atoms with Crippen LogP contribution in [0.25, 0.3) is 0 Å². The Bertz CT molecular complexity index is 1490. The molecule has 0 radical (unpaired) electrons. The summed E-state index contributed by atoms with van der Waals surface area (Å²) >= 11 is 5.98. The van der Waals surface area contributed by atoms with Crippen LogP contribution in [0.4, 0.5) is 0 Å². The molecular formula is C28H32ClN3O5S2. The van der Waals surface area contributed by atoms with Gasteiger partial charge in [0.05, 0.1) is 16.3 Å². The fourth-order valence-corrected chi connectivity index (χ4v) is 7.36. The second kappa shape index (κ2) is 12.6. The largest absolute Gasteiger partial charge is 0.351 e. The number of sulfonamides is 2. The molecule has 1 saturated heterocycles. The van der Waals surface area contributed by atoms with E-state index in [0.717, 1.165) is 29.1 Å². The second-order valence-corrected chi connectivity index (χ2v) is 13.9. The van der Waals surface area contributed by atoms with Crippen LogP contribution in [0.1, 0.15) is 36.0 Å². The molecule has 1 N–H and O–H groups in total. The monoisotopic (exact) mass is 589 g/mol. The van der Waals surface area contributed by atoms with E-state index in [4.69, 9.17) is 11.6 Å². The fourth-order valence-electron chi connectivity index (χ4n) is 4.33. The third-order valence-corrected chi connectivity index (χ3v) is 10.6. The van der Waals surface area contributed by atoms with Crippen LogP contribution < -0.4 is 5.32 Å². The Balaban J connectivity index is 1.44. The average Bonchev–Trinajstić information content (AvgIpc) is 2.93. The summed E-state index contributed by atoms with van der Waals surface area (Å²) in [6.45, 7) is 2.65. The molecule has 0 unspecified atom stereocenters. The fraction of sp³-hybridized carbons (Fsp3) is 0.321. The Morgan fingerprint density at radius 3 is 2.00 bits per heavy atom. The molecule has 1 heterocycles. The maximum Gasteiger partial charge on any atom is 0.243 e. The lowest BCUT2D eigenvalue weighted by Gasteiger charge is -2.25. The highest BCUT2D eigenvalue weighted by molar-refractivity contribution is 7.89. The van der Waals surface area contributed by atoms with E-state index in [-0.39, 0.29) is 29.4 Å². The molecule has 0 saturated carbocycles. The van der Waals surface area contributed by atoms with Crippen molar-refractivity contribution in [2.24, 2.45) is 0 Å². The Morgan fingerprint density at radius 1 is 0.821 bits per heavy atom. The highest BCUT2D eigenvalue weighted by atomic mass is 35.5. The first-order valence-electron chi connectivity index (χ1n) is 12.7. The zero-order chi connectivity index (χ0) is 28.0. The number of carbonyl (C=O) groups excluding carboxylic acids is 1. The summed E-state index contributed by atoms with van der Waals surface area (Å²) in [6.07, 6.45) is 2.75. The first-order valence-corrected chi connectivity index (χ1v) is 16.0. The van der Waals surface area contributed by atoms with E-state index in [2.05, 4.69) is 5.32 Å². The summed E-state index contributed by atoms with van der Waals surface area (Å²) in [4.78, 5) is 13.2. The van der Waals surface area contributed by atoms with Gasteiger partial charge in [0.25, 0.3) is 0 Å². The number of amides is 1. The van der Waals surface area contributed by atoms with Crippen molar-refractivity contribution in [2.45, 2.75) is 49.1 Å². The van der Waals surface area contributed by atoms with Crippen LogP contribution in [0.5, 0.6) is 0 Å². The molecule has 1 fully saturated rings. The molecule has 1 amide bonds. The number of nitrogens with zero attached hydrogens (tertiary/aromatic N) is 2. The third-order valence-electron chi connectivity index (χ3n) is 6.62. The van der Waals surface area contributed by atoms with Crippen LogP contribution >= 0.6 is 11.6 Å². The van der Waals surface area contributed by atoms with Crippen molar-refractivity contribution in [3.05, 3.63) is 94.5 Å². The molecule has 0 spiro atoms. The van der Waals surface area contributed by atoms with Crippen LogP contribution in [0, 0.1) is 6.92 Å². The molecule has 0 bridgehead atoms. The number of aryl methyl sites for hydroxylation is 1. The van der Waals surface area contributed by atoms with E-state index in [1.165, 1.54) is 16.4 Å². The molecule has 0 aliphatic carbocycles. The SMILES string of the molecule is Cc1ccc(S(=O)(=O)N(CC(=O)NCc2ccc(S(=O)(=O)N3CCCCC3)cc2)Cc2ccc(Cl)cc2)cc1. The number of hydrogen-bond donors (Lipinski definition) is 1. The molecule has 1 aliphatic rings. The molecule has 4 rings (SSSR count). The Kier molecular flexibility index (Phi) is 9.45. The van der Waals surface area contributed by atoms with Crippen LogP contribution in [0.15, 0.2) is 82.6 Å². The van der Waals surface area contributed by atoms with E-state index in [1.807, 2.05) is 6.92 Å². The zero-order valence-corrected chi connectivity index (χ0v) is 24.1. The highest BCUT2D eigenvalue weighted by Gasteiger charge is 2.28. The summed E-state index contributed by atoms with van der Waals surface area (Å²) < 4.78 is 55.3. The Labute approximate surface area is 235 Å². The van der Waals surface area contributed by atoms with E-state index in [1.54, 1.807) is 60.7 Å². The van der Waals surface area contributed by atoms with Gasteiger partial charge < -0.3 is 5.32 Å². The maximum atomic E-state index is 13.4. The normalized spacial score (nSPS) is 14.8. The molecule has 0 aromatic heterocycles. The van der Waals surface area contributed by atoms with Crippen molar-refractivity contribution in [3.8, 4) is 0 Å². The number of benzene rings is 3. The zero-order valence-electron chi connectivity index (χ0n) is 21.7. The lowest BCUT2D eigenvalue weighted by atomic mass is 10.2. The van der Waals surface area contributed by atoms with Gasteiger partial charge in [-0.3, -0.25) is 4.79 Å². The molecular weight excluding hydrogens is 558 g/mol. The van der Waals surface area contributed by atoms with Crippen molar-refractivity contribution in [1.82, 2.24) is 13.9 Å². The molecule has 3 aromatic carbocycles. The van der Waals surface area contributed by atoms with Crippen molar-refractivity contribution >= 4 is 37.6 Å². The molecule has 208 valence electrons. The maximum absolute atomic E-state index is 13.4. The quantitative estimate of drug-likeness (QED) is 0.379. The van der Waals surface area contributed by atoms with Gasteiger partial charge >= 0.3 is 0 Å². The molecule has 3 aromatic rings. The van der Waals surface area contributed by atoms with Gasteiger partial charge in [-0.2, -0.15) is 8.61 Å². The topological polar surface area (TPSA) is 104 Å². The van der Waals surface area contributed by atoms with Gasteiger partial charge in [0.2, 0.25) is 26.0 Å². The molecule has 8 nitrogen and oxygen atoms in total. The van der Waals surface area contributed by atoms with Gasteiger partial charge in [0, 0.05) is 31.2 Å². The highest BCUT2D eigenvalue weighted by Crippen LogP contribution is 2.22. The van der Waals surface area contributed by atoms with E-state index in [9.17, 15) is 21.6 Å². The molecule has 0 atom stereocenters.